The molecule has 21 heavy (non-hydrogen) atoms. The van der Waals surface area contributed by atoms with Crippen LogP contribution in [0, 0.1) is 13.8 Å². The highest BCUT2D eigenvalue weighted by molar-refractivity contribution is 5.82. The van der Waals surface area contributed by atoms with Crippen molar-refractivity contribution >= 4 is 6.21 Å². The molecule has 0 fully saturated rings. The SMILES string of the molecule is CCOc1ccc(-n2c(C)cc(C=NN(C)C)c2C)cc1. The van der Waals surface area contributed by atoms with E-state index in [9.17, 15) is 0 Å². The van der Waals surface area contributed by atoms with Gasteiger partial charge in [0.1, 0.15) is 5.75 Å². The number of ether oxygens (including phenoxy) is 1. The summed E-state index contributed by atoms with van der Waals surface area (Å²) in [5.74, 6) is 0.901. The highest BCUT2D eigenvalue weighted by Crippen LogP contribution is 2.22. The topological polar surface area (TPSA) is 29.8 Å². The Bertz CT molecular complexity index is 624. The average molecular weight is 285 g/mol. The van der Waals surface area contributed by atoms with Gasteiger partial charge >= 0.3 is 0 Å². The molecule has 0 saturated heterocycles. The van der Waals surface area contributed by atoms with Gasteiger partial charge in [-0.25, -0.2) is 0 Å². The molecule has 1 aromatic heterocycles. The lowest BCUT2D eigenvalue weighted by Crippen LogP contribution is -2.03. The van der Waals surface area contributed by atoms with Crippen LogP contribution in [0.15, 0.2) is 35.4 Å². The highest BCUT2D eigenvalue weighted by atomic mass is 16.5. The Morgan fingerprint density at radius 3 is 2.43 bits per heavy atom. The maximum Gasteiger partial charge on any atom is 0.119 e. The summed E-state index contributed by atoms with van der Waals surface area (Å²) in [6.45, 7) is 6.90. The molecule has 0 N–H and O–H groups in total. The first-order valence-electron chi connectivity index (χ1n) is 7.16. The molecule has 2 aromatic rings. The minimum atomic E-state index is 0.687. The summed E-state index contributed by atoms with van der Waals surface area (Å²) in [6, 6.07) is 10.3. The van der Waals surface area contributed by atoms with Gasteiger partial charge in [-0.3, -0.25) is 0 Å². The van der Waals surface area contributed by atoms with Crippen LogP contribution in [0.1, 0.15) is 23.9 Å². The Labute approximate surface area is 126 Å². The fraction of sp³-hybridized carbons (Fsp3) is 0.353. The van der Waals surface area contributed by atoms with Crippen LogP contribution in [0.3, 0.4) is 0 Å². The first-order chi connectivity index (χ1) is 10.0. The molecule has 0 spiro atoms. The van der Waals surface area contributed by atoms with Crippen LogP contribution in [-0.2, 0) is 0 Å². The quantitative estimate of drug-likeness (QED) is 0.622. The first kappa shape index (κ1) is 15.2. The Hall–Kier alpha value is -2.23. The van der Waals surface area contributed by atoms with E-state index in [-0.39, 0.29) is 0 Å². The third-order valence-corrected chi connectivity index (χ3v) is 3.30. The number of benzene rings is 1. The van der Waals surface area contributed by atoms with Crippen molar-refractivity contribution in [3.8, 4) is 11.4 Å². The summed E-state index contributed by atoms with van der Waals surface area (Å²) in [6.07, 6.45) is 1.90. The second kappa shape index (κ2) is 6.48. The lowest BCUT2D eigenvalue weighted by molar-refractivity contribution is 0.340. The molecule has 0 radical (unpaired) electrons. The Kier molecular flexibility index (Phi) is 4.68. The molecular weight excluding hydrogens is 262 g/mol. The van der Waals surface area contributed by atoms with Crippen molar-refractivity contribution in [1.82, 2.24) is 9.58 Å². The van der Waals surface area contributed by atoms with E-state index in [0.29, 0.717) is 6.61 Å². The number of aryl methyl sites for hydroxylation is 1. The maximum atomic E-state index is 5.49. The minimum absolute atomic E-state index is 0.687. The van der Waals surface area contributed by atoms with Crippen molar-refractivity contribution in [2.45, 2.75) is 20.8 Å². The van der Waals surface area contributed by atoms with Crippen molar-refractivity contribution < 1.29 is 4.74 Å². The van der Waals surface area contributed by atoms with Gasteiger partial charge in [-0.1, -0.05) is 0 Å². The Balaban J connectivity index is 2.35. The van der Waals surface area contributed by atoms with Crippen molar-refractivity contribution in [1.29, 1.82) is 0 Å². The van der Waals surface area contributed by atoms with E-state index >= 15 is 0 Å². The van der Waals surface area contributed by atoms with Gasteiger partial charge in [0.05, 0.1) is 12.8 Å². The van der Waals surface area contributed by atoms with E-state index < -0.39 is 0 Å². The Morgan fingerprint density at radius 1 is 1.19 bits per heavy atom. The second-order valence-corrected chi connectivity index (χ2v) is 5.18. The monoisotopic (exact) mass is 285 g/mol. The fourth-order valence-electron chi connectivity index (χ4n) is 2.35. The standard InChI is InChI=1S/C17H23N3O/c1-6-21-17-9-7-16(8-10-17)20-13(2)11-15(14(20)3)12-18-19(4)5/h7-12H,6H2,1-5H3. The normalized spacial score (nSPS) is 11.1. The van der Waals surface area contributed by atoms with E-state index in [4.69, 9.17) is 4.74 Å². The molecule has 0 amide bonds. The fourth-order valence-corrected chi connectivity index (χ4v) is 2.35. The van der Waals surface area contributed by atoms with E-state index in [1.807, 2.05) is 39.4 Å². The number of hydrazone groups is 1. The summed E-state index contributed by atoms with van der Waals surface area (Å²) in [4.78, 5) is 0. The smallest absolute Gasteiger partial charge is 0.119 e. The zero-order chi connectivity index (χ0) is 15.4. The molecule has 0 aliphatic heterocycles. The minimum Gasteiger partial charge on any atom is -0.494 e. The predicted octanol–water partition coefficient (Wildman–Crippen LogP) is 3.39. The molecule has 0 saturated carbocycles. The van der Waals surface area contributed by atoms with Crippen molar-refractivity contribution in [2.24, 2.45) is 5.10 Å². The maximum absolute atomic E-state index is 5.49. The number of aromatic nitrogens is 1. The van der Waals surface area contributed by atoms with Gasteiger partial charge in [-0.2, -0.15) is 5.10 Å². The highest BCUT2D eigenvalue weighted by Gasteiger charge is 2.09. The third kappa shape index (κ3) is 3.45. The molecule has 112 valence electrons. The molecule has 2 rings (SSSR count). The molecule has 1 aromatic carbocycles. The van der Waals surface area contributed by atoms with Gasteiger partial charge in [0.15, 0.2) is 0 Å². The summed E-state index contributed by atoms with van der Waals surface area (Å²) in [7, 11) is 3.84. The van der Waals surface area contributed by atoms with Crippen LogP contribution in [0.25, 0.3) is 5.69 Å². The number of nitrogens with zero attached hydrogens (tertiary/aromatic N) is 3. The summed E-state index contributed by atoms with van der Waals surface area (Å²) >= 11 is 0. The number of rotatable bonds is 5. The molecule has 0 aliphatic carbocycles. The lowest BCUT2D eigenvalue weighted by Gasteiger charge is -2.11. The van der Waals surface area contributed by atoms with Crippen molar-refractivity contribution in [2.75, 3.05) is 20.7 Å². The van der Waals surface area contributed by atoms with Crippen molar-refractivity contribution in [3.05, 3.63) is 47.3 Å². The van der Waals surface area contributed by atoms with Crippen LogP contribution in [-0.4, -0.2) is 36.5 Å². The van der Waals surface area contributed by atoms with E-state index in [1.165, 1.54) is 11.4 Å². The van der Waals surface area contributed by atoms with Crippen LogP contribution in [0.4, 0.5) is 0 Å². The molecule has 0 unspecified atom stereocenters. The molecular formula is C17H23N3O. The molecule has 4 nitrogen and oxygen atoms in total. The van der Waals surface area contributed by atoms with Gasteiger partial charge in [0, 0.05) is 36.7 Å². The van der Waals surface area contributed by atoms with Crippen LogP contribution in [0.5, 0.6) is 5.75 Å². The molecule has 0 atom stereocenters. The predicted molar refractivity (Wildman–Crippen MR) is 87.7 cm³/mol. The Morgan fingerprint density at radius 2 is 1.86 bits per heavy atom. The zero-order valence-electron chi connectivity index (χ0n) is 13.4. The first-order valence-corrected chi connectivity index (χ1v) is 7.16. The van der Waals surface area contributed by atoms with Crippen molar-refractivity contribution in [3.63, 3.8) is 0 Å². The van der Waals surface area contributed by atoms with Crippen LogP contribution in [0.2, 0.25) is 0 Å². The van der Waals surface area contributed by atoms with E-state index in [2.05, 4.69) is 41.7 Å². The van der Waals surface area contributed by atoms with Gasteiger partial charge in [-0.15, -0.1) is 0 Å². The van der Waals surface area contributed by atoms with E-state index in [1.54, 1.807) is 5.01 Å². The molecule has 4 heteroatoms. The summed E-state index contributed by atoms with van der Waals surface area (Å²) in [5, 5.41) is 6.11. The molecule has 0 bridgehead atoms. The van der Waals surface area contributed by atoms with Gasteiger partial charge in [0.25, 0.3) is 0 Å². The van der Waals surface area contributed by atoms with Gasteiger partial charge < -0.3 is 14.3 Å². The molecule has 0 aliphatic rings. The van der Waals surface area contributed by atoms with Crippen LogP contribution >= 0.6 is 0 Å². The second-order valence-electron chi connectivity index (χ2n) is 5.18. The average Bonchev–Trinajstić information content (AvgIpc) is 2.73. The van der Waals surface area contributed by atoms with Gasteiger partial charge in [0.2, 0.25) is 0 Å². The lowest BCUT2D eigenvalue weighted by atomic mass is 10.2. The third-order valence-electron chi connectivity index (χ3n) is 3.30. The molecule has 1 heterocycles. The van der Waals surface area contributed by atoms with E-state index in [0.717, 1.165) is 17.0 Å². The van der Waals surface area contributed by atoms with Crippen LogP contribution < -0.4 is 4.74 Å². The van der Waals surface area contributed by atoms with Gasteiger partial charge in [-0.05, 0) is 51.1 Å². The summed E-state index contributed by atoms with van der Waals surface area (Å²) in [5.41, 5.74) is 4.65. The number of hydrogen-bond acceptors (Lipinski definition) is 3. The largest absolute Gasteiger partial charge is 0.494 e. The number of hydrogen-bond donors (Lipinski definition) is 0. The zero-order valence-corrected chi connectivity index (χ0v) is 13.4. The summed E-state index contributed by atoms with van der Waals surface area (Å²) < 4.78 is 7.72.